The summed E-state index contributed by atoms with van der Waals surface area (Å²) in [6.07, 6.45) is 6.47. The first kappa shape index (κ1) is 18.5. The molecule has 1 atom stereocenters. The Labute approximate surface area is 144 Å². The van der Waals surface area contributed by atoms with E-state index in [4.69, 9.17) is 0 Å². The number of carbonyl (C=O) groups is 2. The van der Waals surface area contributed by atoms with Crippen LogP contribution in [-0.2, 0) is 0 Å². The van der Waals surface area contributed by atoms with Crippen LogP contribution >= 0.6 is 0 Å². The molecule has 0 heterocycles. The highest BCUT2D eigenvalue weighted by Gasteiger charge is 2.25. The fourth-order valence-corrected chi connectivity index (χ4v) is 3.38. The first-order valence-electron chi connectivity index (χ1n) is 8.76. The summed E-state index contributed by atoms with van der Waals surface area (Å²) in [5.41, 5.74) is 1.11. The Morgan fingerprint density at radius 3 is 2.25 bits per heavy atom. The zero-order chi connectivity index (χ0) is 17.5. The lowest BCUT2D eigenvalue weighted by Crippen LogP contribution is -2.41. The molecule has 2 rings (SSSR count). The van der Waals surface area contributed by atoms with Crippen LogP contribution in [0.1, 0.15) is 59.2 Å². The molecule has 1 unspecified atom stereocenters. The van der Waals surface area contributed by atoms with Gasteiger partial charge < -0.3 is 15.3 Å². The minimum absolute atomic E-state index is 0.0193. The monoisotopic (exact) mass is 332 g/mol. The van der Waals surface area contributed by atoms with E-state index in [1.54, 1.807) is 38.4 Å². The van der Waals surface area contributed by atoms with Crippen molar-refractivity contribution in [2.24, 2.45) is 5.92 Å². The fourth-order valence-electron chi connectivity index (χ4n) is 3.38. The lowest BCUT2D eigenvalue weighted by molar-refractivity contribution is 0.0825. The van der Waals surface area contributed by atoms with Gasteiger partial charge in [-0.3, -0.25) is 9.59 Å². The van der Waals surface area contributed by atoms with Crippen molar-refractivity contribution in [1.29, 1.82) is 0 Å². The molecule has 1 aromatic rings. The van der Waals surface area contributed by atoms with Crippen molar-refractivity contribution in [3.63, 3.8) is 0 Å². The van der Waals surface area contributed by atoms with Crippen LogP contribution in [0.2, 0.25) is 0 Å². The summed E-state index contributed by atoms with van der Waals surface area (Å²) < 4.78 is 0. The molecule has 2 N–H and O–H groups in total. The molecule has 1 aliphatic carbocycles. The molecule has 0 bridgehead atoms. The number of benzene rings is 1. The van der Waals surface area contributed by atoms with Crippen molar-refractivity contribution in [3.8, 4) is 0 Å². The third-order valence-corrected chi connectivity index (χ3v) is 4.78. The highest BCUT2D eigenvalue weighted by Crippen LogP contribution is 2.28. The Morgan fingerprint density at radius 2 is 1.71 bits per heavy atom. The van der Waals surface area contributed by atoms with E-state index < -0.39 is 0 Å². The molecule has 1 aliphatic rings. The van der Waals surface area contributed by atoms with Crippen LogP contribution in [-0.4, -0.2) is 48.6 Å². The van der Waals surface area contributed by atoms with Crippen molar-refractivity contribution in [2.45, 2.75) is 44.6 Å². The number of hydrogen-bond acceptors (Lipinski definition) is 3. The number of aliphatic hydroxyl groups excluding tert-OH is 1. The first-order chi connectivity index (χ1) is 11.5. The minimum atomic E-state index is -0.136. The number of hydrogen-bond donors (Lipinski definition) is 2. The van der Waals surface area contributed by atoms with E-state index in [2.05, 4.69) is 5.32 Å². The van der Waals surface area contributed by atoms with Gasteiger partial charge in [-0.1, -0.05) is 19.3 Å². The Morgan fingerprint density at radius 1 is 1.12 bits per heavy atom. The Bertz CT molecular complexity index is 548. The van der Waals surface area contributed by atoms with Gasteiger partial charge in [0.25, 0.3) is 11.8 Å². The SMILES string of the molecule is CN(C)C(=O)c1ccc(C(=O)NC(CCO)C2CCCCC2)cc1. The summed E-state index contributed by atoms with van der Waals surface area (Å²) >= 11 is 0. The van der Waals surface area contributed by atoms with E-state index in [1.807, 2.05) is 0 Å². The Hall–Kier alpha value is -1.88. The first-order valence-corrected chi connectivity index (χ1v) is 8.76. The maximum absolute atomic E-state index is 12.5. The number of amides is 2. The molecule has 0 saturated heterocycles. The van der Waals surface area contributed by atoms with E-state index >= 15 is 0 Å². The van der Waals surface area contributed by atoms with Crippen molar-refractivity contribution < 1.29 is 14.7 Å². The maximum atomic E-state index is 12.5. The molecule has 0 radical (unpaired) electrons. The standard InChI is InChI=1S/C19H28N2O3/c1-21(2)19(24)16-10-8-15(9-11-16)18(23)20-17(12-13-22)14-6-4-3-5-7-14/h8-11,14,17,22H,3-7,12-13H2,1-2H3,(H,20,23). The second kappa shape index (κ2) is 8.83. The number of carbonyl (C=O) groups excluding carboxylic acids is 2. The van der Waals surface area contributed by atoms with Gasteiger partial charge in [-0.15, -0.1) is 0 Å². The molecular weight excluding hydrogens is 304 g/mol. The van der Waals surface area contributed by atoms with Gasteiger partial charge in [0, 0.05) is 37.9 Å². The average molecular weight is 332 g/mol. The molecule has 0 spiro atoms. The van der Waals surface area contributed by atoms with Gasteiger partial charge in [-0.25, -0.2) is 0 Å². The van der Waals surface area contributed by atoms with Crippen LogP contribution in [0.15, 0.2) is 24.3 Å². The van der Waals surface area contributed by atoms with Gasteiger partial charge in [0.2, 0.25) is 0 Å². The summed E-state index contributed by atoms with van der Waals surface area (Å²) in [7, 11) is 3.40. The van der Waals surface area contributed by atoms with E-state index in [0.717, 1.165) is 12.8 Å². The van der Waals surface area contributed by atoms with Crippen molar-refractivity contribution in [2.75, 3.05) is 20.7 Å². The quantitative estimate of drug-likeness (QED) is 0.841. The predicted octanol–water partition coefficient (Wildman–Crippen LogP) is 2.45. The highest BCUT2D eigenvalue weighted by atomic mass is 16.3. The third kappa shape index (κ3) is 4.81. The van der Waals surface area contributed by atoms with Crippen LogP contribution in [0.25, 0.3) is 0 Å². The number of nitrogens with one attached hydrogen (secondary N) is 1. The molecule has 132 valence electrons. The van der Waals surface area contributed by atoms with Gasteiger partial charge >= 0.3 is 0 Å². The summed E-state index contributed by atoms with van der Waals surface area (Å²) in [5.74, 6) is 0.231. The Kier molecular flexibility index (Phi) is 6.79. The number of nitrogens with zero attached hydrogens (tertiary/aromatic N) is 1. The zero-order valence-corrected chi connectivity index (χ0v) is 14.6. The molecule has 0 aromatic heterocycles. The topological polar surface area (TPSA) is 69.6 Å². The highest BCUT2D eigenvalue weighted by molar-refractivity contribution is 5.97. The van der Waals surface area contributed by atoms with E-state index in [9.17, 15) is 14.7 Å². The van der Waals surface area contributed by atoms with Crippen molar-refractivity contribution in [3.05, 3.63) is 35.4 Å². The Balaban J connectivity index is 2.02. The van der Waals surface area contributed by atoms with Gasteiger partial charge in [-0.05, 0) is 49.4 Å². The lowest BCUT2D eigenvalue weighted by Gasteiger charge is -2.30. The molecule has 5 heteroatoms. The molecule has 0 aliphatic heterocycles. The van der Waals surface area contributed by atoms with Gasteiger partial charge in [-0.2, -0.15) is 0 Å². The van der Waals surface area contributed by atoms with Crippen LogP contribution in [0.4, 0.5) is 0 Å². The predicted molar refractivity (Wildman–Crippen MR) is 94.0 cm³/mol. The molecule has 1 saturated carbocycles. The third-order valence-electron chi connectivity index (χ3n) is 4.78. The largest absolute Gasteiger partial charge is 0.396 e. The molecule has 2 amide bonds. The average Bonchev–Trinajstić information content (AvgIpc) is 2.61. The number of rotatable bonds is 6. The summed E-state index contributed by atoms with van der Waals surface area (Å²) in [6, 6.07) is 6.75. The summed E-state index contributed by atoms with van der Waals surface area (Å²) in [4.78, 5) is 25.9. The van der Waals surface area contributed by atoms with Crippen LogP contribution in [0.3, 0.4) is 0 Å². The van der Waals surface area contributed by atoms with Gasteiger partial charge in [0.15, 0.2) is 0 Å². The van der Waals surface area contributed by atoms with Crippen LogP contribution < -0.4 is 5.32 Å². The molecule has 5 nitrogen and oxygen atoms in total. The smallest absolute Gasteiger partial charge is 0.253 e. The fraction of sp³-hybridized carbons (Fsp3) is 0.579. The molecule has 1 fully saturated rings. The molecule has 1 aromatic carbocycles. The number of aliphatic hydroxyl groups is 1. The van der Waals surface area contributed by atoms with Crippen LogP contribution in [0, 0.1) is 5.92 Å². The van der Waals surface area contributed by atoms with E-state index in [0.29, 0.717) is 23.5 Å². The summed E-state index contributed by atoms with van der Waals surface area (Å²) in [6.45, 7) is 0.0811. The molecular formula is C19H28N2O3. The maximum Gasteiger partial charge on any atom is 0.253 e. The molecule has 24 heavy (non-hydrogen) atoms. The zero-order valence-electron chi connectivity index (χ0n) is 14.6. The van der Waals surface area contributed by atoms with E-state index in [-0.39, 0.29) is 24.5 Å². The second-order valence-corrected chi connectivity index (χ2v) is 6.77. The van der Waals surface area contributed by atoms with Gasteiger partial charge in [0.05, 0.1) is 0 Å². The lowest BCUT2D eigenvalue weighted by atomic mass is 9.82. The minimum Gasteiger partial charge on any atom is -0.396 e. The van der Waals surface area contributed by atoms with E-state index in [1.165, 1.54) is 24.2 Å². The van der Waals surface area contributed by atoms with Crippen molar-refractivity contribution in [1.82, 2.24) is 10.2 Å². The summed E-state index contributed by atoms with van der Waals surface area (Å²) in [5, 5.41) is 12.4. The van der Waals surface area contributed by atoms with Crippen LogP contribution in [0.5, 0.6) is 0 Å². The van der Waals surface area contributed by atoms with Gasteiger partial charge in [0.1, 0.15) is 0 Å². The second-order valence-electron chi connectivity index (χ2n) is 6.77. The normalized spacial score (nSPS) is 16.5. The van der Waals surface area contributed by atoms with Crippen molar-refractivity contribution >= 4 is 11.8 Å².